The molecule has 0 bridgehead atoms. The molecule has 0 fully saturated rings. The molecule has 1 aromatic rings. The number of rotatable bonds is 1. The van der Waals surface area contributed by atoms with E-state index in [9.17, 15) is 23.1 Å². The minimum atomic E-state index is -5.03. The van der Waals surface area contributed by atoms with Gasteiger partial charge < -0.3 is 15.2 Å². The van der Waals surface area contributed by atoms with Crippen LogP contribution in [-0.4, -0.2) is 24.4 Å². The van der Waals surface area contributed by atoms with Crippen molar-refractivity contribution in [2.45, 2.75) is 11.9 Å². The third-order valence-electron chi connectivity index (χ3n) is 2.57. The van der Waals surface area contributed by atoms with Gasteiger partial charge in [0.2, 0.25) is 0 Å². The Bertz CT molecular complexity index is 504. The van der Waals surface area contributed by atoms with E-state index in [1.54, 1.807) is 0 Å². The molecule has 2 rings (SSSR count). The summed E-state index contributed by atoms with van der Waals surface area (Å²) in [7, 11) is 1.33. The Hall–Kier alpha value is -1.96. The van der Waals surface area contributed by atoms with E-state index < -0.39 is 23.5 Å². The molecule has 1 unspecified atom stereocenters. The summed E-state index contributed by atoms with van der Waals surface area (Å²) in [5.41, 5.74) is -4.05. The molecule has 1 aliphatic rings. The van der Waals surface area contributed by atoms with E-state index in [2.05, 4.69) is 5.32 Å². The van der Waals surface area contributed by atoms with Crippen molar-refractivity contribution in [2.75, 3.05) is 12.4 Å². The zero-order valence-electron chi connectivity index (χ0n) is 9.13. The molecule has 3 N–H and O–H groups in total. The second kappa shape index (κ2) is 3.77. The molecule has 1 heterocycles. The quantitative estimate of drug-likeness (QED) is 0.719. The van der Waals surface area contributed by atoms with E-state index in [1.165, 1.54) is 24.6 Å². The van der Waals surface area contributed by atoms with Crippen molar-refractivity contribution in [1.82, 2.24) is 5.32 Å². The summed E-state index contributed by atoms with van der Waals surface area (Å²) in [5.74, 6) is 0.264. The summed E-state index contributed by atoms with van der Waals surface area (Å²) < 4.78 is 43.3. The number of alkyl halides is 3. The fourth-order valence-electron chi connectivity index (χ4n) is 1.68. The number of carbonyl (C=O) groups is 1. The number of halogens is 3. The van der Waals surface area contributed by atoms with E-state index >= 15 is 0 Å². The Morgan fingerprint density at radius 1 is 1.39 bits per heavy atom. The summed E-state index contributed by atoms with van der Waals surface area (Å²) in [6.07, 6.45) is -5.03. The summed E-state index contributed by atoms with van der Waals surface area (Å²) >= 11 is 0. The lowest BCUT2D eigenvalue weighted by atomic mass is 9.98. The number of fused-ring (bicyclic) bond motifs is 1. The topological polar surface area (TPSA) is 70.6 Å². The smallest absolute Gasteiger partial charge is 0.441 e. The molecule has 0 saturated heterocycles. The molecule has 2 amide bonds. The molecule has 0 spiro atoms. The molecule has 0 aromatic heterocycles. The molecule has 5 nitrogen and oxygen atoms in total. The lowest BCUT2D eigenvalue weighted by molar-refractivity contribution is -0.274. The van der Waals surface area contributed by atoms with Gasteiger partial charge in [0.15, 0.2) is 0 Å². The normalized spacial score (nSPS) is 22.8. The molecule has 1 aliphatic heterocycles. The van der Waals surface area contributed by atoms with Crippen molar-refractivity contribution in [3.63, 3.8) is 0 Å². The number of amides is 2. The Kier molecular flexibility index (Phi) is 2.62. The second-order valence-corrected chi connectivity index (χ2v) is 3.70. The van der Waals surface area contributed by atoms with Gasteiger partial charge >= 0.3 is 12.2 Å². The lowest BCUT2D eigenvalue weighted by Crippen LogP contribution is -2.60. The van der Waals surface area contributed by atoms with Crippen LogP contribution < -0.4 is 15.4 Å². The van der Waals surface area contributed by atoms with Crippen molar-refractivity contribution in [3.05, 3.63) is 23.8 Å². The lowest BCUT2D eigenvalue weighted by Gasteiger charge is -2.36. The van der Waals surface area contributed by atoms with Gasteiger partial charge in [-0.25, -0.2) is 4.79 Å². The average molecular weight is 262 g/mol. The van der Waals surface area contributed by atoms with Crippen LogP contribution >= 0.6 is 0 Å². The highest BCUT2D eigenvalue weighted by atomic mass is 19.4. The van der Waals surface area contributed by atoms with Crippen LogP contribution in [0.4, 0.5) is 23.7 Å². The van der Waals surface area contributed by atoms with E-state index in [1.807, 2.05) is 0 Å². The number of nitrogens with one attached hydrogen (secondary N) is 2. The zero-order chi connectivity index (χ0) is 13.6. The molecule has 0 saturated carbocycles. The van der Waals surface area contributed by atoms with Gasteiger partial charge in [-0.15, -0.1) is 0 Å². The van der Waals surface area contributed by atoms with Crippen molar-refractivity contribution < 1.29 is 27.8 Å². The number of benzene rings is 1. The Balaban J connectivity index is 2.60. The van der Waals surface area contributed by atoms with Crippen LogP contribution in [0.2, 0.25) is 0 Å². The Morgan fingerprint density at radius 2 is 2.06 bits per heavy atom. The summed E-state index contributed by atoms with van der Waals surface area (Å²) in [5, 5.41) is 13.3. The van der Waals surface area contributed by atoms with Crippen LogP contribution in [0.1, 0.15) is 5.56 Å². The number of ether oxygens (including phenoxy) is 1. The van der Waals surface area contributed by atoms with E-state index in [-0.39, 0.29) is 11.4 Å². The highest BCUT2D eigenvalue weighted by molar-refractivity contribution is 5.93. The van der Waals surface area contributed by atoms with Gasteiger partial charge in [-0.05, 0) is 12.1 Å². The van der Waals surface area contributed by atoms with Crippen molar-refractivity contribution in [1.29, 1.82) is 0 Å². The first-order valence-electron chi connectivity index (χ1n) is 4.85. The van der Waals surface area contributed by atoms with Crippen molar-refractivity contribution in [2.24, 2.45) is 0 Å². The number of hydrogen-bond acceptors (Lipinski definition) is 3. The average Bonchev–Trinajstić information content (AvgIpc) is 2.26. The van der Waals surface area contributed by atoms with E-state index in [0.717, 1.165) is 6.07 Å². The minimum absolute atomic E-state index is 0.155. The second-order valence-electron chi connectivity index (χ2n) is 3.70. The van der Waals surface area contributed by atoms with Gasteiger partial charge in [0.05, 0.1) is 12.8 Å². The number of aliphatic hydroxyl groups is 1. The molecule has 1 aromatic carbocycles. The summed E-state index contributed by atoms with van der Waals surface area (Å²) in [6.45, 7) is 0. The van der Waals surface area contributed by atoms with E-state index in [4.69, 9.17) is 4.74 Å². The van der Waals surface area contributed by atoms with Crippen LogP contribution in [0, 0.1) is 0 Å². The minimum Gasteiger partial charge on any atom is -0.497 e. The highest BCUT2D eigenvalue weighted by Gasteiger charge is 2.59. The number of carbonyl (C=O) groups excluding carboxylic acids is 1. The third-order valence-corrected chi connectivity index (χ3v) is 2.57. The summed E-state index contributed by atoms with van der Waals surface area (Å²) in [4.78, 5) is 11.2. The maximum Gasteiger partial charge on any atom is 0.441 e. The van der Waals surface area contributed by atoms with Crippen LogP contribution in [0.15, 0.2) is 18.2 Å². The maximum absolute atomic E-state index is 12.8. The van der Waals surface area contributed by atoms with Crippen molar-refractivity contribution >= 4 is 11.7 Å². The van der Waals surface area contributed by atoms with Gasteiger partial charge in [0.25, 0.3) is 5.72 Å². The molecule has 0 aliphatic carbocycles. The fourth-order valence-corrected chi connectivity index (χ4v) is 1.68. The van der Waals surface area contributed by atoms with Gasteiger partial charge in [-0.3, -0.25) is 5.32 Å². The first kappa shape index (κ1) is 12.5. The zero-order valence-corrected chi connectivity index (χ0v) is 9.13. The number of urea groups is 1. The van der Waals surface area contributed by atoms with Crippen LogP contribution in [0.25, 0.3) is 0 Å². The summed E-state index contributed by atoms with van der Waals surface area (Å²) in [6, 6.07) is 2.35. The first-order valence-corrected chi connectivity index (χ1v) is 4.85. The molecule has 1 atom stereocenters. The molecule has 8 heteroatoms. The first-order chi connectivity index (χ1) is 8.28. The van der Waals surface area contributed by atoms with Gasteiger partial charge in [-0.1, -0.05) is 0 Å². The predicted octanol–water partition coefficient (Wildman–Crippen LogP) is 1.54. The molecule has 18 heavy (non-hydrogen) atoms. The van der Waals surface area contributed by atoms with Gasteiger partial charge in [-0.2, -0.15) is 13.2 Å². The monoisotopic (exact) mass is 262 g/mol. The number of anilines is 1. The van der Waals surface area contributed by atoms with Crippen molar-refractivity contribution in [3.8, 4) is 5.75 Å². The molecular formula is C10H9F3N2O3. The third kappa shape index (κ3) is 1.74. The fraction of sp³-hybridized carbons (Fsp3) is 0.300. The van der Waals surface area contributed by atoms with Gasteiger partial charge in [0, 0.05) is 11.6 Å². The largest absolute Gasteiger partial charge is 0.497 e. The SMILES string of the molecule is COc1ccc2c(c1)NC(=O)NC2(O)C(F)(F)F. The Morgan fingerprint density at radius 3 is 2.61 bits per heavy atom. The van der Waals surface area contributed by atoms with E-state index in [0.29, 0.717) is 0 Å². The van der Waals surface area contributed by atoms with Crippen LogP contribution in [0.5, 0.6) is 5.75 Å². The predicted molar refractivity (Wildman–Crippen MR) is 55.1 cm³/mol. The molecule has 98 valence electrons. The Labute approximate surface area is 99.6 Å². The number of hydrogen-bond donors (Lipinski definition) is 3. The maximum atomic E-state index is 12.8. The molecular weight excluding hydrogens is 253 g/mol. The molecule has 0 radical (unpaired) electrons. The van der Waals surface area contributed by atoms with Crippen LogP contribution in [0.3, 0.4) is 0 Å². The highest BCUT2D eigenvalue weighted by Crippen LogP contribution is 2.42. The van der Waals surface area contributed by atoms with Gasteiger partial charge in [0.1, 0.15) is 5.75 Å². The van der Waals surface area contributed by atoms with Crippen LogP contribution in [-0.2, 0) is 5.72 Å². The number of methoxy groups -OCH3 is 1. The standard InChI is InChI=1S/C10H9F3N2O3/c1-18-5-2-3-6-7(4-5)14-8(16)15-9(6,17)10(11,12)13/h2-4,17H,1H3,(H2,14,15,16).